The Bertz CT molecular complexity index is 474. The Morgan fingerprint density at radius 3 is 3.00 bits per heavy atom. The van der Waals surface area contributed by atoms with Gasteiger partial charge in [0.2, 0.25) is 0 Å². The van der Waals surface area contributed by atoms with Crippen molar-refractivity contribution < 1.29 is 14.3 Å². The molecule has 0 spiro atoms. The van der Waals surface area contributed by atoms with Crippen LogP contribution in [0.5, 0.6) is 0 Å². The number of nitrogens with two attached hydrogens (primary N) is 1. The molecule has 1 atom stereocenters. The molecule has 2 rings (SSSR count). The summed E-state index contributed by atoms with van der Waals surface area (Å²) in [6.45, 7) is 4.46. The van der Waals surface area contributed by atoms with Crippen LogP contribution in [0, 0.1) is 0 Å². The normalized spacial score (nSPS) is 18.9. The average Bonchev–Trinajstić information content (AvgIpc) is 2.47. The molecule has 0 aromatic heterocycles. The Hall–Kier alpha value is -1.75. The van der Waals surface area contributed by atoms with E-state index in [1.807, 2.05) is 6.92 Å². The number of piperidine rings is 1. The molecule has 5 nitrogen and oxygen atoms in total. The van der Waals surface area contributed by atoms with Gasteiger partial charge in [-0.25, -0.2) is 4.79 Å². The number of ether oxygens (including phenoxy) is 2. The van der Waals surface area contributed by atoms with Crippen LogP contribution in [0.3, 0.4) is 0 Å². The molecule has 1 unspecified atom stereocenters. The zero-order valence-electron chi connectivity index (χ0n) is 12.1. The lowest BCUT2D eigenvalue weighted by molar-refractivity contribution is 0.0527. The third kappa shape index (κ3) is 3.22. The fourth-order valence-electron chi connectivity index (χ4n) is 2.59. The lowest BCUT2D eigenvalue weighted by atomic mass is 10.1. The Labute approximate surface area is 119 Å². The summed E-state index contributed by atoms with van der Waals surface area (Å²) >= 11 is 0. The predicted octanol–water partition coefficient (Wildman–Crippen LogP) is 2.06. The molecule has 20 heavy (non-hydrogen) atoms. The minimum Gasteiger partial charge on any atom is -0.465 e. The smallest absolute Gasteiger partial charge is 0.337 e. The SMILES string of the molecule is CCOC1CCCN(c2cc(C(=O)OC)ccc2N)C1. The largest absolute Gasteiger partial charge is 0.465 e. The summed E-state index contributed by atoms with van der Waals surface area (Å²) in [5.41, 5.74) is 8.13. The van der Waals surface area contributed by atoms with Gasteiger partial charge < -0.3 is 20.1 Å². The number of esters is 1. The standard InChI is InChI=1S/C15H22N2O3/c1-3-20-12-5-4-8-17(10-12)14-9-11(15(18)19-2)6-7-13(14)16/h6-7,9,12H,3-5,8,10,16H2,1-2H3. The lowest BCUT2D eigenvalue weighted by Crippen LogP contribution is -2.40. The highest BCUT2D eigenvalue weighted by molar-refractivity contribution is 5.92. The maximum absolute atomic E-state index is 11.6. The van der Waals surface area contributed by atoms with Crippen molar-refractivity contribution in [2.75, 3.05) is 37.4 Å². The minimum absolute atomic E-state index is 0.231. The van der Waals surface area contributed by atoms with E-state index in [9.17, 15) is 4.79 Å². The van der Waals surface area contributed by atoms with Crippen LogP contribution in [0.4, 0.5) is 11.4 Å². The number of rotatable bonds is 4. The molecule has 1 aliphatic rings. The molecule has 1 aromatic rings. The molecule has 1 aromatic carbocycles. The maximum Gasteiger partial charge on any atom is 0.337 e. The Kier molecular flexibility index (Phi) is 4.84. The van der Waals surface area contributed by atoms with Crippen LogP contribution in [-0.2, 0) is 9.47 Å². The van der Waals surface area contributed by atoms with Crippen LogP contribution in [0.15, 0.2) is 18.2 Å². The van der Waals surface area contributed by atoms with Gasteiger partial charge in [-0.05, 0) is 38.0 Å². The number of nitrogens with zero attached hydrogens (tertiary/aromatic N) is 1. The van der Waals surface area contributed by atoms with Gasteiger partial charge in [-0.15, -0.1) is 0 Å². The van der Waals surface area contributed by atoms with Crippen molar-refractivity contribution in [1.82, 2.24) is 0 Å². The number of hydrogen-bond acceptors (Lipinski definition) is 5. The van der Waals surface area contributed by atoms with E-state index in [0.717, 1.165) is 38.2 Å². The zero-order chi connectivity index (χ0) is 14.5. The second-order valence-electron chi connectivity index (χ2n) is 4.93. The number of carbonyl (C=O) groups is 1. The average molecular weight is 278 g/mol. The van der Waals surface area contributed by atoms with Crippen molar-refractivity contribution in [3.05, 3.63) is 23.8 Å². The molecule has 0 aliphatic carbocycles. The first-order valence-corrected chi connectivity index (χ1v) is 7.00. The van der Waals surface area contributed by atoms with Gasteiger partial charge in [0, 0.05) is 19.7 Å². The number of anilines is 2. The number of nitrogen functional groups attached to an aromatic ring is 1. The van der Waals surface area contributed by atoms with Gasteiger partial charge in [0.1, 0.15) is 0 Å². The number of carbonyl (C=O) groups excluding carboxylic acids is 1. The highest BCUT2D eigenvalue weighted by Crippen LogP contribution is 2.28. The van der Waals surface area contributed by atoms with Crippen molar-refractivity contribution in [3.63, 3.8) is 0 Å². The van der Waals surface area contributed by atoms with Crippen LogP contribution in [-0.4, -0.2) is 38.9 Å². The van der Waals surface area contributed by atoms with Crippen LogP contribution < -0.4 is 10.6 Å². The second-order valence-corrected chi connectivity index (χ2v) is 4.93. The summed E-state index contributed by atoms with van der Waals surface area (Å²) in [6.07, 6.45) is 2.36. The van der Waals surface area contributed by atoms with Crippen molar-refractivity contribution in [2.45, 2.75) is 25.9 Å². The maximum atomic E-state index is 11.6. The number of benzene rings is 1. The molecule has 5 heteroatoms. The van der Waals surface area contributed by atoms with E-state index in [2.05, 4.69) is 4.90 Å². The Morgan fingerprint density at radius 2 is 2.30 bits per heavy atom. The molecule has 110 valence electrons. The third-order valence-electron chi connectivity index (χ3n) is 3.57. The minimum atomic E-state index is -0.343. The topological polar surface area (TPSA) is 64.8 Å². The first kappa shape index (κ1) is 14.7. The van der Waals surface area contributed by atoms with Crippen molar-refractivity contribution in [3.8, 4) is 0 Å². The fourth-order valence-corrected chi connectivity index (χ4v) is 2.59. The molecule has 0 saturated carbocycles. The molecule has 2 N–H and O–H groups in total. The first-order chi connectivity index (χ1) is 9.65. The molecule has 1 aliphatic heterocycles. The van der Waals surface area contributed by atoms with Gasteiger partial charge in [0.15, 0.2) is 0 Å². The van der Waals surface area contributed by atoms with E-state index >= 15 is 0 Å². The fraction of sp³-hybridized carbons (Fsp3) is 0.533. The van der Waals surface area contributed by atoms with E-state index in [0.29, 0.717) is 11.3 Å². The van der Waals surface area contributed by atoms with Gasteiger partial charge in [-0.3, -0.25) is 0 Å². The van der Waals surface area contributed by atoms with Gasteiger partial charge in [0.25, 0.3) is 0 Å². The summed E-state index contributed by atoms with van der Waals surface area (Å²) < 4.78 is 10.5. The summed E-state index contributed by atoms with van der Waals surface area (Å²) in [5.74, 6) is -0.343. The number of hydrogen-bond donors (Lipinski definition) is 1. The molecule has 1 heterocycles. The second kappa shape index (κ2) is 6.61. The summed E-state index contributed by atoms with van der Waals surface area (Å²) in [6, 6.07) is 5.25. The van der Waals surface area contributed by atoms with Crippen LogP contribution in [0.1, 0.15) is 30.1 Å². The summed E-state index contributed by atoms with van der Waals surface area (Å²) in [4.78, 5) is 13.8. The predicted molar refractivity (Wildman–Crippen MR) is 79.1 cm³/mol. The highest BCUT2D eigenvalue weighted by Gasteiger charge is 2.22. The summed E-state index contributed by atoms with van der Waals surface area (Å²) in [7, 11) is 1.38. The molecular formula is C15H22N2O3. The van der Waals surface area contributed by atoms with Crippen molar-refractivity contribution in [2.24, 2.45) is 0 Å². The third-order valence-corrected chi connectivity index (χ3v) is 3.57. The van der Waals surface area contributed by atoms with Crippen molar-refractivity contribution in [1.29, 1.82) is 0 Å². The molecule has 1 fully saturated rings. The molecule has 0 radical (unpaired) electrons. The van der Waals surface area contributed by atoms with E-state index in [-0.39, 0.29) is 12.1 Å². The Balaban J connectivity index is 2.20. The van der Waals surface area contributed by atoms with E-state index in [1.54, 1.807) is 18.2 Å². The van der Waals surface area contributed by atoms with Gasteiger partial charge in [0.05, 0.1) is 30.2 Å². The van der Waals surface area contributed by atoms with Crippen LogP contribution in [0.25, 0.3) is 0 Å². The molecule has 0 bridgehead atoms. The zero-order valence-corrected chi connectivity index (χ0v) is 12.1. The molecular weight excluding hydrogens is 256 g/mol. The van der Waals surface area contributed by atoms with Gasteiger partial charge >= 0.3 is 5.97 Å². The Morgan fingerprint density at radius 1 is 1.50 bits per heavy atom. The lowest BCUT2D eigenvalue weighted by Gasteiger charge is -2.35. The molecule has 1 saturated heterocycles. The van der Waals surface area contributed by atoms with Crippen LogP contribution in [0.2, 0.25) is 0 Å². The van der Waals surface area contributed by atoms with Gasteiger partial charge in [-0.2, -0.15) is 0 Å². The quantitative estimate of drug-likeness (QED) is 0.674. The van der Waals surface area contributed by atoms with Crippen molar-refractivity contribution >= 4 is 17.3 Å². The van der Waals surface area contributed by atoms with Crippen LogP contribution >= 0.6 is 0 Å². The highest BCUT2D eigenvalue weighted by atomic mass is 16.5. The first-order valence-electron chi connectivity index (χ1n) is 7.00. The monoisotopic (exact) mass is 278 g/mol. The summed E-state index contributed by atoms with van der Waals surface area (Å²) in [5, 5.41) is 0. The van der Waals surface area contributed by atoms with E-state index in [4.69, 9.17) is 15.2 Å². The van der Waals surface area contributed by atoms with E-state index in [1.165, 1.54) is 7.11 Å². The number of methoxy groups -OCH3 is 1. The van der Waals surface area contributed by atoms with Gasteiger partial charge in [-0.1, -0.05) is 0 Å². The van der Waals surface area contributed by atoms with E-state index < -0.39 is 0 Å². The molecule has 0 amide bonds.